The van der Waals surface area contributed by atoms with E-state index in [2.05, 4.69) is 10.3 Å². The van der Waals surface area contributed by atoms with Crippen molar-refractivity contribution >= 4 is 51.1 Å². The number of ether oxygens (including phenoxy) is 1. The van der Waals surface area contributed by atoms with Crippen molar-refractivity contribution in [3.63, 3.8) is 0 Å². The summed E-state index contributed by atoms with van der Waals surface area (Å²) in [5, 5.41) is 4.03. The lowest BCUT2D eigenvalue weighted by Gasteiger charge is -2.17. The van der Waals surface area contributed by atoms with Crippen molar-refractivity contribution in [3.05, 3.63) is 82.1 Å². The first-order valence-corrected chi connectivity index (χ1v) is 9.94. The Morgan fingerprint density at radius 1 is 1.03 bits per heavy atom. The highest BCUT2D eigenvalue weighted by Gasteiger charge is 2.20. The van der Waals surface area contributed by atoms with Gasteiger partial charge in [-0.1, -0.05) is 35.9 Å². The number of halogens is 1. The number of benzene rings is 2. The molecule has 0 saturated heterocycles. The molecule has 156 valence electrons. The minimum atomic E-state index is -1.04. The molecule has 0 radical (unpaired) electrons. The molecule has 0 aliphatic heterocycles. The molecule has 0 saturated carbocycles. The molecule has 0 fully saturated rings. The Bertz CT molecular complexity index is 1290. The summed E-state index contributed by atoms with van der Waals surface area (Å²) in [4.78, 5) is 41.8. The Labute approximate surface area is 182 Å². The Morgan fingerprint density at radius 3 is 2.23 bits per heavy atom. The minimum Gasteiger partial charge on any atom is -0.451 e. The number of aromatic nitrogens is 2. The van der Waals surface area contributed by atoms with Crippen molar-refractivity contribution in [3.8, 4) is 0 Å². The SMILES string of the molecule is CC(OC(=O)Cn1c2ccccc2c(=O)c2ccccc21)C(=O)Nc1ccc(Cl)cn1. The van der Waals surface area contributed by atoms with E-state index in [1.54, 1.807) is 65.2 Å². The van der Waals surface area contributed by atoms with Gasteiger partial charge in [0.2, 0.25) is 0 Å². The van der Waals surface area contributed by atoms with E-state index in [1.165, 1.54) is 13.1 Å². The van der Waals surface area contributed by atoms with Crippen LogP contribution >= 0.6 is 11.6 Å². The molecule has 0 aliphatic carbocycles. The molecule has 0 bridgehead atoms. The number of nitrogens with zero attached hydrogens (tertiary/aromatic N) is 2. The predicted molar refractivity (Wildman–Crippen MR) is 119 cm³/mol. The highest BCUT2D eigenvalue weighted by molar-refractivity contribution is 6.30. The van der Waals surface area contributed by atoms with Crippen LogP contribution in [0.4, 0.5) is 5.82 Å². The summed E-state index contributed by atoms with van der Waals surface area (Å²) < 4.78 is 7.06. The number of carbonyl (C=O) groups is 2. The van der Waals surface area contributed by atoms with Gasteiger partial charge in [-0.3, -0.25) is 14.4 Å². The van der Waals surface area contributed by atoms with E-state index in [9.17, 15) is 14.4 Å². The van der Waals surface area contributed by atoms with Crippen LogP contribution in [0, 0.1) is 0 Å². The van der Waals surface area contributed by atoms with Crippen LogP contribution in [-0.2, 0) is 20.9 Å². The van der Waals surface area contributed by atoms with Gasteiger partial charge in [0.05, 0.1) is 16.1 Å². The molecule has 1 unspecified atom stereocenters. The van der Waals surface area contributed by atoms with Gasteiger partial charge in [0, 0.05) is 17.0 Å². The predicted octanol–water partition coefficient (Wildman–Crippen LogP) is 3.77. The highest BCUT2D eigenvalue weighted by Crippen LogP contribution is 2.19. The molecular weight excluding hydrogens is 418 g/mol. The molecule has 4 rings (SSSR count). The lowest BCUT2D eigenvalue weighted by Crippen LogP contribution is -2.31. The summed E-state index contributed by atoms with van der Waals surface area (Å²) in [5.74, 6) is -0.821. The maximum atomic E-state index is 12.8. The Morgan fingerprint density at radius 2 is 1.65 bits per heavy atom. The maximum Gasteiger partial charge on any atom is 0.326 e. The fourth-order valence-corrected chi connectivity index (χ4v) is 3.45. The second-order valence-electron chi connectivity index (χ2n) is 6.93. The molecule has 1 atom stereocenters. The number of pyridine rings is 2. The van der Waals surface area contributed by atoms with E-state index >= 15 is 0 Å². The van der Waals surface area contributed by atoms with Crippen molar-refractivity contribution in [2.75, 3.05) is 5.32 Å². The number of carbonyl (C=O) groups excluding carboxylic acids is 2. The Balaban J connectivity index is 1.56. The average Bonchev–Trinajstić information content (AvgIpc) is 2.78. The molecule has 8 heteroatoms. The first kappa shape index (κ1) is 20.6. The van der Waals surface area contributed by atoms with Crippen LogP contribution in [0.5, 0.6) is 0 Å². The second kappa shape index (κ2) is 8.57. The molecule has 31 heavy (non-hydrogen) atoms. The van der Waals surface area contributed by atoms with Gasteiger partial charge in [0.1, 0.15) is 12.4 Å². The topological polar surface area (TPSA) is 90.3 Å². The minimum absolute atomic E-state index is 0.0981. The molecule has 0 spiro atoms. The fraction of sp³-hybridized carbons (Fsp3) is 0.130. The van der Waals surface area contributed by atoms with E-state index in [1.807, 2.05) is 0 Å². The zero-order valence-corrected chi connectivity index (χ0v) is 17.3. The van der Waals surface area contributed by atoms with Crippen molar-refractivity contribution < 1.29 is 14.3 Å². The number of rotatable bonds is 5. The van der Waals surface area contributed by atoms with Crippen molar-refractivity contribution in [2.45, 2.75) is 19.6 Å². The first-order chi connectivity index (χ1) is 14.9. The van der Waals surface area contributed by atoms with Gasteiger partial charge >= 0.3 is 5.97 Å². The number of anilines is 1. The van der Waals surface area contributed by atoms with E-state index in [0.717, 1.165) is 0 Å². The molecule has 7 nitrogen and oxygen atoms in total. The van der Waals surface area contributed by atoms with Crippen molar-refractivity contribution in [2.24, 2.45) is 0 Å². The first-order valence-electron chi connectivity index (χ1n) is 9.56. The normalized spacial score (nSPS) is 11.9. The zero-order chi connectivity index (χ0) is 22.0. The summed E-state index contributed by atoms with van der Waals surface area (Å²) in [5.41, 5.74) is 1.13. The van der Waals surface area contributed by atoms with Gasteiger partial charge in [-0.15, -0.1) is 0 Å². The summed E-state index contributed by atoms with van der Waals surface area (Å²) >= 11 is 5.78. The molecule has 2 aromatic heterocycles. The number of esters is 1. The molecule has 2 aromatic carbocycles. The van der Waals surface area contributed by atoms with Crippen LogP contribution in [0.2, 0.25) is 5.02 Å². The van der Waals surface area contributed by atoms with Gasteiger partial charge in [0.25, 0.3) is 5.91 Å². The lowest BCUT2D eigenvalue weighted by molar-refractivity contribution is -0.153. The third-order valence-electron chi connectivity index (χ3n) is 4.82. The summed E-state index contributed by atoms with van der Waals surface area (Å²) in [6.45, 7) is 1.32. The van der Waals surface area contributed by atoms with Crippen LogP contribution in [0.15, 0.2) is 71.7 Å². The van der Waals surface area contributed by atoms with Gasteiger partial charge in [0.15, 0.2) is 11.5 Å². The third-order valence-corrected chi connectivity index (χ3v) is 5.05. The standard InChI is InChI=1S/C23H18ClN3O4/c1-14(23(30)26-20-11-10-15(24)12-25-20)31-21(28)13-27-18-8-4-2-6-16(18)22(29)17-7-3-5-9-19(17)27/h2-12,14H,13H2,1H3,(H,25,26,30). The zero-order valence-electron chi connectivity index (χ0n) is 16.5. The number of amides is 1. The smallest absolute Gasteiger partial charge is 0.326 e. The maximum absolute atomic E-state index is 12.8. The van der Waals surface area contributed by atoms with E-state index in [-0.39, 0.29) is 12.0 Å². The third kappa shape index (κ3) is 4.27. The van der Waals surface area contributed by atoms with E-state index < -0.39 is 18.0 Å². The molecule has 0 aliphatic rings. The van der Waals surface area contributed by atoms with Crippen molar-refractivity contribution in [1.82, 2.24) is 9.55 Å². The quantitative estimate of drug-likeness (QED) is 0.380. The molecular formula is C23H18ClN3O4. The number of nitrogens with one attached hydrogen (secondary N) is 1. The Hall–Kier alpha value is -3.71. The fourth-order valence-electron chi connectivity index (χ4n) is 3.34. The van der Waals surface area contributed by atoms with Gasteiger partial charge < -0.3 is 14.6 Å². The lowest BCUT2D eigenvalue weighted by atomic mass is 10.1. The van der Waals surface area contributed by atoms with Crippen molar-refractivity contribution in [1.29, 1.82) is 0 Å². The van der Waals surface area contributed by atoms with Crippen LogP contribution in [0.3, 0.4) is 0 Å². The number of para-hydroxylation sites is 2. The summed E-state index contributed by atoms with van der Waals surface area (Å²) in [6, 6.07) is 17.3. The number of hydrogen-bond donors (Lipinski definition) is 1. The van der Waals surface area contributed by atoms with E-state index in [0.29, 0.717) is 32.6 Å². The molecule has 4 aromatic rings. The summed E-state index contributed by atoms with van der Waals surface area (Å²) in [7, 11) is 0. The van der Waals surface area contributed by atoms with Gasteiger partial charge in [-0.2, -0.15) is 0 Å². The van der Waals surface area contributed by atoms with Crippen LogP contribution in [0.25, 0.3) is 21.8 Å². The van der Waals surface area contributed by atoms with Crippen LogP contribution < -0.4 is 10.7 Å². The average molecular weight is 436 g/mol. The van der Waals surface area contributed by atoms with Gasteiger partial charge in [-0.25, -0.2) is 4.98 Å². The van der Waals surface area contributed by atoms with Crippen LogP contribution in [0.1, 0.15) is 6.92 Å². The Kier molecular flexibility index (Phi) is 5.68. The highest BCUT2D eigenvalue weighted by atomic mass is 35.5. The van der Waals surface area contributed by atoms with E-state index in [4.69, 9.17) is 16.3 Å². The second-order valence-corrected chi connectivity index (χ2v) is 7.37. The van der Waals surface area contributed by atoms with Gasteiger partial charge in [-0.05, 0) is 43.3 Å². The monoisotopic (exact) mass is 435 g/mol. The summed E-state index contributed by atoms with van der Waals surface area (Å²) in [6.07, 6.45) is 0.363. The molecule has 1 N–H and O–H groups in total. The number of fused-ring (bicyclic) bond motifs is 2. The molecule has 1 amide bonds. The molecule has 2 heterocycles. The van der Waals surface area contributed by atoms with Crippen LogP contribution in [-0.4, -0.2) is 27.5 Å². The largest absolute Gasteiger partial charge is 0.451 e. The number of hydrogen-bond acceptors (Lipinski definition) is 5.